The second-order valence-corrected chi connectivity index (χ2v) is 9.60. The molecule has 0 aromatic heterocycles. The Balaban J connectivity index is 4.13. The van der Waals surface area contributed by atoms with Crippen molar-refractivity contribution in [1.82, 2.24) is 15.5 Å². The largest absolute Gasteiger partial charge is 0.469 e. The van der Waals surface area contributed by atoms with E-state index in [1.807, 2.05) is 18.7 Å². The summed E-state index contributed by atoms with van der Waals surface area (Å²) in [5.74, 6) is 2.05. The van der Waals surface area contributed by atoms with E-state index in [2.05, 4.69) is 39.4 Å². The number of carbonyl (C=O) groups excluding carboxylic acids is 4. The van der Waals surface area contributed by atoms with E-state index in [0.29, 0.717) is 71.2 Å². The lowest BCUT2D eigenvalue weighted by Crippen LogP contribution is -2.34. The molecular weight excluding hydrogens is 496 g/mol. The Bertz CT molecular complexity index is 888. The van der Waals surface area contributed by atoms with Crippen LogP contribution in [0.3, 0.4) is 0 Å². The minimum atomic E-state index is -0.223. The zero-order chi connectivity index (χ0) is 29.5. The van der Waals surface area contributed by atoms with Crippen molar-refractivity contribution in [2.75, 3.05) is 39.8 Å². The predicted octanol–water partition coefficient (Wildman–Crippen LogP) is 3.74. The molecule has 2 N–H and O–H groups in total. The molecule has 0 aromatic carbocycles. The molecule has 0 radical (unpaired) electrons. The molecule has 0 aromatic rings. The number of methoxy groups -OCH3 is 1. The molecule has 0 fully saturated rings. The summed E-state index contributed by atoms with van der Waals surface area (Å²) in [6, 6.07) is 0. The molecule has 9 nitrogen and oxygen atoms in total. The number of esters is 1. The summed E-state index contributed by atoms with van der Waals surface area (Å²) in [5, 5.41) is 5.70. The number of nitrogens with one attached hydrogen (secondary N) is 2. The van der Waals surface area contributed by atoms with Crippen molar-refractivity contribution in [3.63, 3.8) is 0 Å². The molecule has 0 bridgehead atoms. The molecule has 0 rings (SSSR count). The van der Waals surface area contributed by atoms with E-state index in [-0.39, 0.29) is 36.5 Å². The first-order valence-electron chi connectivity index (χ1n) is 13.8. The number of nitrogens with zero attached hydrogens (tertiary/aromatic N) is 2. The topological polar surface area (TPSA) is 117 Å². The molecule has 0 aliphatic heterocycles. The Kier molecular flexibility index (Phi) is 20.8. The highest BCUT2D eigenvalue weighted by molar-refractivity contribution is 5.94. The average molecular weight is 545 g/mol. The third-order valence-corrected chi connectivity index (χ3v) is 5.99. The number of ether oxygens (including phenoxy) is 1. The van der Waals surface area contributed by atoms with Crippen LogP contribution in [0.15, 0.2) is 29.3 Å². The quantitative estimate of drug-likeness (QED) is 0.0928. The first-order valence-corrected chi connectivity index (χ1v) is 13.8. The van der Waals surface area contributed by atoms with Gasteiger partial charge in [-0.3, -0.25) is 24.1 Å². The van der Waals surface area contributed by atoms with Gasteiger partial charge in [-0.25, -0.2) is 4.99 Å². The predicted molar refractivity (Wildman–Crippen MR) is 156 cm³/mol. The summed E-state index contributed by atoms with van der Waals surface area (Å²) < 4.78 is 4.63. The van der Waals surface area contributed by atoms with Gasteiger partial charge in [0.25, 0.3) is 0 Å². The monoisotopic (exact) mass is 544 g/mol. The van der Waals surface area contributed by atoms with E-state index < -0.39 is 0 Å². The molecule has 39 heavy (non-hydrogen) atoms. The van der Waals surface area contributed by atoms with Crippen LogP contribution in [0.1, 0.15) is 84.5 Å². The number of rotatable bonds is 22. The first-order chi connectivity index (χ1) is 18.6. The average Bonchev–Trinajstić information content (AvgIpc) is 2.90. The van der Waals surface area contributed by atoms with Gasteiger partial charge in [0.2, 0.25) is 17.7 Å². The highest BCUT2D eigenvalue weighted by atomic mass is 16.5. The van der Waals surface area contributed by atoms with E-state index in [1.54, 1.807) is 0 Å². The Hall–Kier alpha value is -3.25. The van der Waals surface area contributed by atoms with Crippen molar-refractivity contribution in [2.45, 2.75) is 84.5 Å². The van der Waals surface area contributed by atoms with Gasteiger partial charge in [0.15, 0.2) is 0 Å². The lowest BCUT2D eigenvalue weighted by atomic mass is 10.0. The fraction of sp³-hybridized carbons (Fsp3) is 0.633. The summed E-state index contributed by atoms with van der Waals surface area (Å²) in [7, 11) is 1.38. The van der Waals surface area contributed by atoms with Crippen LogP contribution in [0.25, 0.3) is 0 Å². The van der Waals surface area contributed by atoms with Crippen LogP contribution in [-0.2, 0) is 23.9 Å². The van der Waals surface area contributed by atoms with Crippen molar-refractivity contribution >= 4 is 29.4 Å². The molecule has 3 amide bonds. The lowest BCUT2D eigenvalue weighted by molar-refractivity contribution is -0.140. The van der Waals surface area contributed by atoms with Crippen LogP contribution in [0.4, 0.5) is 0 Å². The number of hydrogen-bond donors (Lipinski definition) is 2. The highest BCUT2D eigenvalue weighted by Gasteiger charge is 2.10. The van der Waals surface area contributed by atoms with Crippen LogP contribution in [0.2, 0.25) is 0 Å². The Morgan fingerprint density at radius 2 is 1.44 bits per heavy atom. The van der Waals surface area contributed by atoms with E-state index in [1.165, 1.54) is 7.11 Å². The zero-order valence-electron chi connectivity index (χ0n) is 24.2. The van der Waals surface area contributed by atoms with Gasteiger partial charge in [0.05, 0.1) is 13.7 Å². The molecule has 0 saturated heterocycles. The van der Waals surface area contributed by atoms with Gasteiger partial charge in [-0.15, -0.1) is 6.42 Å². The summed E-state index contributed by atoms with van der Waals surface area (Å²) in [6.45, 7) is 14.3. The fourth-order valence-electron chi connectivity index (χ4n) is 3.54. The standard InChI is InChI=1S/C30H48N4O5/c1-7-19-31-27(35)17-22-34(21-8-2)23-18-28(36)32-20-16-25(4)13-15-29(37)33-26(5)14-12-24(3)10-9-11-30(38)39-6/h2H,3-4,7,9-23H2,1,5-6H3,(H,31,35)(H,32,36). The van der Waals surface area contributed by atoms with Gasteiger partial charge in [0.1, 0.15) is 0 Å². The Morgan fingerprint density at radius 1 is 0.846 bits per heavy atom. The van der Waals surface area contributed by atoms with Gasteiger partial charge >= 0.3 is 5.97 Å². The van der Waals surface area contributed by atoms with Gasteiger partial charge in [-0.1, -0.05) is 37.1 Å². The van der Waals surface area contributed by atoms with Crippen LogP contribution >= 0.6 is 0 Å². The van der Waals surface area contributed by atoms with Crippen LogP contribution in [0.5, 0.6) is 0 Å². The van der Waals surface area contributed by atoms with E-state index in [4.69, 9.17) is 6.42 Å². The molecule has 0 aliphatic rings. The third-order valence-electron chi connectivity index (χ3n) is 5.99. The number of carbonyl (C=O) groups is 4. The van der Waals surface area contributed by atoms with Gasteiger partial charge in [-0.2, -0.15) is 0 Å². The SMILES string of the molecule is C#CCN(CCC(=O)NCCC)CCC(=O)NCCC(=C)CCC(=O)N=C(C)CCC(=C)CCCC(=O)OC. The van der Waals surface area contributed by atoms with Gasteiger partial charge in [0, 0.05) is 57.6 Å². The van der Waals surface area contributed by atoms with Crippen molar-refractivity contribution in [1.29, 1.82) is 0 Å². The summed E-state index contributed by atoms with van der Waals surface area (Å²) in [6.07, 6.45) is 11.5. The molecule has 9 heteroatoms. The zero-order valence-corrected chi connectivity index (χ0v) is 24.2. The van der Waals surface area contributed by atoms with E-state index in [0.717, 1.165) is 36.1 Å². The fourth-order valence-corrected chi connectivity index (χ4v) is 3.54. The maximum absolute atomic E-state index is 12.2. The maximum atomic E-state index is 12.2. The van der Waals surface area contributed by atoms with Crippen molar-refractivity contribution < 1.29 is 23.9 Å². The molecule has 0 spiro atoms. The van der Waals surface area contributed by atoms with Crippen LogP contribution < -0.4 is 10.6 Å². The lowest BCUT2D eigenvalue weighted by Gasteiger charge is -2.19. The van der Waals surface area contributed by atoms with E-state index >= 15 is 0 Å². The first kappa shape index (κ1) is 35.8. The number of amides is 3. The molecular formula is C30H48N4O5. The van der Waals surface area contributed by atoms with Gasteiger partial charge in [-0.05, 0) is 51.9 Å². The van der Waals surface area contributed by atoms with Crippen molar-refractivity contribution in [3.05, 3.63) is 24.3 Å². The molecule has 218 valence electrons. The van der Waals surface area contributed by atoms with Crippen molar-refractivity contribution in [2.24, 2.45) is 4.99 Å². The highest BCUT2D eigenvalue weighted by Crippen LogP contribution is 2.13. The minimum Gasteiger partial charge on any atom is -0.469 e. The number of allylic oxidation sites excluding steroid dienone is 1. The second kappa shape index (κ2) is 22.7. The summed E-state index contributed by atoms with van der Waals surface area (Å²) in [4.78, 5) is 53.4. The summed E-state index contributed by atoms with van der Waals surface area (Å²) in [5.41, 5.74) is 2.66. The van der Waals surface area contributed by atoms with E-state index in [9.17, 15) is 19.2 Å². The second-order valence-electron chi connectivity index (χ2n) is 9.60. The van der Waals surface area contributed by atoms with Gasteiger partial charge < -0.3 is 15.4 Å². The number of terminal acetylenes is 1. The molecule has 0 aliphatic carbocycles. The molecule has 0 saturated carbocycles. The summed E-state index contributed by atoms with van der Waals surface area (Å²) >= 11 is 0. The smallest absolute Gasteiger partial charge is 0.305 e. The van der Waals surface area contributed by atoms with Crippen LogP contribution in [0, 0.1) is 12.3 Å². The number of hydrogen-bond acceptors (Lipinski definition) is 6. The molecule has 0 unspecified atom stereocenters. The normalized spacial score (nSPS) is 11.0. The Labute approximate surface area is 234 Å². The van der Waals surface area contributed by atoms with Crippen molar-refractivity contribution in [3.8, 4) is 12.3 Å². The third kappa shape index (κ3) is 21.4. The maximum Gasteiger partial charge on any atom is 0.305 e. The minimum absolute atomic E-state index is 0.0175. The van der Waals surface area contributed by atoms with Crippen LogP contribution in [-0.4, -0.2) is 74.1 Å². The Morgan fingerprint density at radius 3 is 2.03 bits per heavy atom. The number of aliphatic imine (C=N–C) groups is 1. The molecule has 0 atom stereocenters. The molecule has 0 heterocycles.